The van der Waals surface area contributed by atoms with Crippen molar-refractivity contribution >= 4 is 15.8 Å². The highest BCUT2D eigenvalue weighted by Crippen LogP contribution is 2.43. The molecule has 0 amide bonds. The number of hydrogen-bond donors (Lipinski definition) is 1. The molecule has 2 atom stereocenters. The van der Waals surface area contributed by atoms with Crippen LogP contribution >= 0.6 is 0 Å². The highest BCUT2D eigenvalue weighted by Gasteiger charge is 2.44. The molecule has 0 aromatic carbocycles. The highest BCUT2D eigenvalue weighted by atomic mass is 32.2. The Kier molecular flexibility index (Phi) is 4.20. The number of ether oxygens (including phenoxy) is 1. The molecule has 2 unspecified atom stereocenters. The minimum Gasteiger partial charge on any atom is -0.480 e. The summed E-state index contributed by atoms with van der Waals surface area (Å²) in [5.41, 5.74) is -0.106. The van der Waals surface area contributed by atoms with Gasteiger partial charge in [0, 0.05) is 0 Å². The molecule has 1 aliphatic heterocycles. The van der Waals surface area contributed by atoms with E-state index in [1.165, 1.54) is 0 Å². The molecule has 110 valence electrons. The Balaban J connectivity index is 2.00. The fraction of sp³-hybridized carbons (Fsp3) is 0.923. The van der Waals surface area contributed by atoms with E-state index in [4.69, 9.17) is 9.84 Å². The molecule has 2 aliphatic rings. The summed E-state index contributed by atoms with van der Waals surface area (Å²) in [5.74, 6) is -1.41. The van der Waals surface area contributed by atoms with Crippen molar-refractivity contribution in [1.82, 2.24) is 0 Å². The standard InChI is InChI=1S/C13H22O5S/c1-2-11(12(14)15)19(16,17)9-10-5-8-13(18-10)6-3-4-7-13/h10-11H,2-9H2,1H3,(H,14,15). The van der Waals surface area contributed by atoms with Gasteiger partial charge in [-0.15, -0.1) is 0 Å². The van der Waals surface area contributed by atoms with Gasteiger partial charge in [0.2, 0.25) is 0 Å². The quantitative estimate of drug-likeness (QED) is 0.834. The summed E-state index contributed by atoms with van der Waals surface area (Å²) in [4.78, 5) is 11.0. The first-order valence-corrected chi connectivity index (χ1v) is 8.72. The third-order valence-electron chi connectivity index (χ3n) is 4.35. The molecule has 0 bridgehead atoms. The van der Waals surface area contributed by atoms with E-state index in [2.05, 4.69) is 0 Å². The average Bonchev–Trinajstić information content (AvgIpc) is 2.89. The van der Waals surface area contributed by atoms with Crippen molar-refractivity contribution in [2.24, 2.45) is 0 Å². The lowest BCUT2D eigenvalue weighted by atomic mass is 9.98. The first kappa shape index (κ1) is 14.8. The number of hydrogen-bond acceptors (Lipinski definition) is 4. The van der Waals surface area contributed by atoms with Crippen LogP contribution in [-0.4, -0.2) is 42.2 Å². The summed E-state index contributed by atoms with van der Waals surface area (Å²) in [5, 5.41) is 7.67. The molecule has 0 aromatic rings. The zero-order valence-corrected chi connectivity index (χ0v) is 12.1. The molecular weight excluding hydrogens is 268 g/mol. The topological polar surface area (TPSA) is 80.7 Å². The van der Waals surface area contributed by atoms with Crippen molar-refractivity contribution in [2.45, 2.75) is 68.8 Å². The monoisotopic (exact) mass is 290 g/mol. The number of carboxylic acid groups (broad SMARTS) is 1. The Labute approximate surface area is 114 Å². The van der Waals surface area contributed by atoms with E-state index in [1.807, 2.05) is 0 Å². The maximum atomic E-state index is 12.1. The van der Waals surface area contributed by atoms with Crippen LogP contribution in [0.15, 0.2) is 0 Å². The van der Waals surface area contributed by atoms with Gasteiger partial charge >= 0.3 is 5.97 Å². The van der Waals surface area contributed by atoms with Gasteiger partial charge < -0.3 is 9.84 Å². The van der Waals surface area contributed by atoms with Crippen molar-refractivity contribution in [3.63, 3.8) is 0 Å². The van der Waals surface area contributed by atoms with E-state index in [1.54, 1.807) is 6.92 Å². The molecule has 1 saturated heterocycles. The van der Waals surface area contributed by atoms with Crippen LogP contribution in [0.25, 0.3) is 0 Å². The van der Waals surface area contributed by atoms with Crippen molar-refractivity contribution in [1.29, 1.82) is 0 Å². The summed E-state index contributed by atoms with van der Waals surface area (Å²) in [6.07, 6.45) is 5.75. The third-order valence-corrected chi connectivity index (χ3v) is 6.59. The van der Waals surface area contributed by atoms with E-state index in [0.29, 0.717) is 0 Å². The van der Waals surface area contributed by atoms with Gasteiger partial charge in [0.1, 0.15) is 0 Å². The van der Waals surface area contributed by atoms with Crippen molar-refractivity contribution in [2.75, 3.05) is 5.75 Å². The van der Waals surface area contributed by atoms with Gasteiger partial charge in [-0.1, -0.05) is 19.8 Å². The fourth-order valence-corrected chi connectivity index (χ4v) is 5.16. The lowest BCUT2D eigenvalue weighted by molar-refractivity contribution is -0.136. The molecule has 1 heterocycles. The van der Waals surface area contributed by atoms with Gasteiger partial charge in [0.25, 0.3) is 0 Å². The molecule has 1 spiro atoms. The zero-order chi connectivity index (χ0) is 14.1. The van der Waals surface area contributed by atoms with Crippen LogP contribution in [0.1, 0.15) is 51.9 Å². The van der Waals surface area contributed by atoms with Gasteiger partial charge in [-0.25, -0.2) is 8.42 Å². The fourth-order valence-electron chi connectivity index (χ4n) is 3.36. The van der Waals surface area contributed by atoms with Gasteiger partial charge in [0.15, 0.2) is 15.1 Å². The molecule has 0 aromatic heterocycles. The Morgan fingerprint density at radius 1 is 1.37 bits per heavy atom. The number of sulfone groups is 1. The predicted molar refractivity (Wildman–Crippen MR) is 70.8 cm³/mol. The second-order valence-electron chi connectivity index (χ2n) is 5.73. The summed E-state index contributed by atoms with van der Waals surface area (Å²) < 4.78 is 30.2. The van der Waals surface area contributed by atoms with Gasteiger partial charge in [-0.2, -0.15) is 0 Å². The minimum atomic E-state index is -3.63. The molecule has 2 rings (SSSR count). The van der Waals surface area contributed by atoms with Crippen LogP contribution < -0.4 is 0 Å². The van der Waals surface area contributed by atoms with Crippen LogP contribution in [0, 0.1) is 0 Å². The van der Waals surface area contributed by atoms with Gasteiger partial charge in [-0.05, 0) is 32.1 Å². The number of carbonyl (C=O) groups is 1. The van der Waals surface area contributed by atoms with E-state index in [9.17, 15) is 13.2 Å². The van der Waals surface area contributed by atoms with Crippen LogP contribution in [0.5, 0.6) is 0 Å². The SMILES string of the molecule is CCC(C(=O)O)S(=O)(=O)CC1CCC2(CCCC2)O1. The maximum absolute atomic E-state index is 12.1. The molecule has 2 fully saturated rings. The minimum absolute atomic E-state index is 0.106. The summed E-state index contributed by atoms with van der Waals surface area (Å²) in [6.45, 7) is 1.59. The number of aliphatic carboxylic acids is 1. The average molecular weight is 290 g/mol. The van der Waals surface area contributed by atoms with Crippen LogP contribution in [0.3, 0.4) is 0 Å². The van der Waals surface area contributed by atoms with Crippen molar-refractivity contribution in [3.8, 4) is 0 Å². The first-order chi connectivity index (χ1) is 8.88. The lowest BCUT2D eigenvalue weighted by Gasteiger charge is -2.24. The first-order valence-electron chi connectivity index (χ1n) is 7.01. The molecule has 1 N–H and O–H groups in total. The molecule has 5 nitrogen and oxygen atoms in total. The largest absolute Gasteiger partial charge is 0.480 e. The smallest absolute Gasteiger partial charge is 0.321 e. The normalized spacial score (nSPS) is 27.7. The Bertz CT molecular complexity index is 436. The van der Waals surface area contributed by atoms with Crippen molar-refractivity contribution in [3.05, 3.63) is 0 Å². The van der Waals surface area contributed by atoms with Crippen molar-refractivity contribution < 1.29 is 23.1 Å². The molecule has 1 saturated carbocycles. The van der Waals surface area contributed by atoms with Crippen LogP contribution in [0.4, 0.5) is 0 Å². The second-order valence-corrected chi connectivity index (χ2v) is 7.96. The van der Waals surface area contributed by atoms with E-state index in [-0.39, 0.29) is 23.9 Å². The van der Waals surface area contributed by atoms with Gasteiger partial charge in [0.05, 0.1) is 17.5 Å². The molecule has 0 radical (unpaired) electrons. The van der Waals surface area contributed by atoms with Gasteiger partial charge in [-0.3, -0.25) is 4.79 Å². The maximum Gasteiger partial charge on any atom is 0.321 e. The van der Waals surface area contributed by atoms with Crippen LogP contribution in [0.2, 0.25) is 0 Å². The molecule has 6 heteroatoms. The number of rotatable bonds is 5. The van der Waals surface area contributed by atoms with E-state index < -0.39 is 21.1 Å². The Morgan fingerprint density at radius 2 is 2.00 bits per heavy atom. The second kappa shape index (κ2) is 5.40. The van der Waals surface area contributed by atoms with E-state index in [0.717, 1.165) is 38.5 Å². The summed E-state index contributed by atoms with van der Waals surface area (Å²) >= 11 is 0. The molecule has 19 heavy (non-hydrogen) atoms. The summed E-state index contributed by atoms with van der Waals surface area (Å²) in [7, 11) is -3.63. The number of carboxylic acids is 1. The Morgan fingerprint density at radius 3 is 2.53 bits per heavy atom. The van der Waals surface area contributed by atoms with Crippen LogP contribution in [-0.2, 0) is 19.4 Å². The van der Waals surface area contributed by atoms with E-state index >= 15 is 0 Å². The highest BCUT2D eigenvalue weighted by molar-refractivity contribution is 7.92. The zero-order valence-electron chi connectivity index (χ0n) is 11.3. The lowest BCUT2D eigenvalue weighted by Crippen LogP contribution is -2.36. The third kappa shape index (κ3) is 3.11. The molecular formula is C13H22O5S. The predicted octanol–water partition coefficient (Wildman–Crippen LogP) is 1.76. The Hall–Kier alpha value is -0.620. The molecule has 1 aliphatic carbocycles. The summed E-state index contributed by atoms with van der Waals surface area (Å²) in [6, 6.07) is 0.